The first kappa shape index (κ1) is 14.6. The van der Waals surface area contributed by atoms with Crippen molar-refractivity contribution in [3.8, 4) is 5.75 Å². The summed E-state index contributed by atoms with van der Waals surface area (Å²) < 4.78 is 29.2. The molecule has 5 heteroatoms. The molecule has 0 aliphatic carbocycles. The Labute approximate surface area is 121 Å². The van der Waals surface area contributed by atoms with Crippen molar-refractivity contribution >= 4 is 17.3 Å². The number of hydrogen-bond donors (Lipinski definition) is 1. The van der Waals surface area contributed by atoms with Crippen molar-refractivity contribution in [2.45, 2.75) is 19.6 Å². The van der Waals surface area contributed by atoms with Gasteiger partial charge in [-0.1, -0.05) is 41.9 Å². The lowest BCUT2D eigenvalue weighted by Gasteiger charge is -2.19. The van der Waals surface area contributed by atoms with Gasteiger partial charge in [0.15, 0.2) is 0 Å². The van der Waals surface area contributed by atoms with E-state index in [0.29, 0.717) is 10.7 Å². The first-order chi connectivity index (χ1) is 9.58. The van der Waals surface area contributed by atoms with Crippen molar-refractivity contribution < 1.29 is 13.5 Å². The van der Waals surface area contributed by atoms with Gasteiger partial charge in [0.2, 0.25) is 0 Å². The summed E-state index contributed by atoms with van der Waals surface area (Å²) >= 11 is 6.12. The largest absolute Gasteiger partial charge is 0.433 e. The smallest absolute Gasteiger partial charge is 0.387 e. The van der Waals surface area contributed by atoms with Crippen LogP contribution in [-0.2, 0) is 0 Å². The summed E-state index contributed by atoms with van der Waals surface area (Å²) in [4.78, 5) is 0. The summed E-state index contributed by atoms with van der Waals surface area (Å²) in [7, 11) is 0. The number of halogens is 3. The van der Waals surface area contributed by atoms with Gasteiger partial charge in [-0.2, -0.15) is 8.78 Å². The highest BCUT2D eigenvalue weighted by molar-refractivity contribution is 6.31. The zero-order chi connectivity index (χ0) is 14.5. The second kappa shape index (κ2) is 6.57. The second-order valence-electron chi connectivity index (χ2n) is 4.26. The van der Waals surface area contributed by atoms with Crippen LogP contribution in [0.2, 0.25) is 5.02 Å². The number of rotatable bonds is 5. The van der Waals surface area contributed by atoms with Gasteiger partial charge in [0.1, 0.15) is 5.75 Å². The molecule has 0 fully saturated rings. The Morgan fingerprint density at radius 1 is 1.05 bits per heavy atom. The molecule has 0 aliphatic heterocycles. The number of alkyl halides is 2. The van der Waals surface area contributed by atoms with Crippen LogP contribution in [0.4, 0.5) is 14.5 Å². The molecule has 0 aromatic heterocycles. The molecule has 0 radical (unpaired) electrons. The number of benzene rings is 2. The van der Waals surface area contributed by atoms with Crippen molar-refractivity contribution in [2.75, 3.05) is 5.32 Å². The molecular formula is C15H14ClF2NO. The van der Waals surface area contributed by atoms with Gasteiger partial charge in [-0.15, -0.1) is 0 Å². The Balaban J connectivity index is 2.20. The Kier molecular flexibility index (Phi) is 4.79. The van der Waals surface area contributed by atoms with Gasteiger partial charge in [-0.05, 0) is 30.7 Å². The molecule has 20 heavy (non-hydrogen) atoms. The molecular weight excluding hydrogens is 284 g/mol. The maximum Gasteiger partial charge on any atom is 0.387 e. The third-order valence-corrected chi connectivity index (χ3v) is 3.19. The fraction of sp³-hybridized carbons (Fsp3) is 0.200. The lowest BCUT2D eigenvalue weighted by molar-refractivity contribution is -0.0493. The topological polar surface area (TPSA) is 21.3 Å². The molecule has 106 valence electrons. The summed E-state index contributed by atoms with van der Waals surface area (Å²) in [5.74, 6) is 0.112. The van der Waals surface area contributed by atoms with Gasteiger partial charge in [-0.25, -0.2) is 0 Å². The zero-order valence-corrected chi connectivity index (χ0v) is 11.6. The lowest BCUT2D eigenvalue weighted by Crippen LogP contribution is -2.10. The Morgan fingerprint density at radius 3 is 2.40 bits per heavy atom. The third-order valence-electron chi connectivity index (χ3n) is 2.85. The van der Waals surface area contributed by atoms with Gasteiger partial charge in [0.25, 0.3) is 0 Å². The van der Waals surface area contributed by atoms with E-state index in [1.54, 1.807) is 24.3 Å². The number of hydrogen-bond acceptors (Lipinski definition) is 2. The molecule has 2 nitrogen and oxygen atoms in total. The molecule has 0 saturated carbocycles. The first-order valence-corrected chi connectivity index (χ1v) is 6.50. The maximum atomic E-state index is 12.4. The summed E-state index contributed by atoms with van der Waals surface area (Å²) in [5, 5.41) is 3.75. The van der Waals surface area contributed by atoms with Crippen LogP contribution in [0.15, 0.2) is 48.5 Å². The van der Waals surface area contributed by atoms with E-state index in [9.17, 15) is 8.78 Å². The highest BCUT2D eigenvalue weighted by Gasteiger charge is 2.13. The minimum Gasteiger partial charge on any atom is -0.433 e. The fourth-order valence-electron chi connectivity index (χ4n) is 1.92. The Bertz CT molecular complexity index is 577. The van der Waals surface area contributed by atoms with Crippen LogP contribution in [0.1, 0.15) is 18.5 Å². The van der Waals surface area contributed by atoms with Gasteiger partial charge < -0.3 is 10.1 Å². The maximum absolute atomic E-state index is 12.4. The molecule has 0 heterocycles. The van der Waals surface area contributed by atoms with E-state index in [1.165, 1.54) is 6.07 Å². The van der Waals surface area contributed by atoms with Crippen LogP contribution in [-0.4, -0.2) is 6.61 Å². The lowest BCUT2D eigenvalue weighted by atomic mass is 10.1. The molecule has 1 N–H and O–H groups in total. The minimum absolute atomic E-state index is 0.112. The monoisotopic (exact) mass is 297 g/mol. The summed E-state index contributed by atoms with van der Waals surface area (Å²) in [6.45, 7) is -0.950. The third kappa shape index (κ3) is 3.61. The number of para-hydroxylation sites is 2. The predicted octanol–water partition coefficient (Wildman–Crippen LogP) is 5.11. The minimum atomic E-state index is -2.85. The predicted molar refractivity (Wildman–Crippen MR) is 76.6 cm³/mol. The zero-order valence-electron chi connectivity index (χ0n) is 10.8. The Hall–Kier alpha value is -1.81. The first-order valence-electron chi connectivity index (χ1n) is 6.12. The second-order valence-corrected chi connectivity index (χ2v) is 4.67. The van der Waals surface area contributed by atoms with Crippen LogP contribution in [0.5, 0.6) is 5.75 Å². The van der Waals surface area contributed by atoms with Crippen LogP contribution in [0, 0.1) is 0 Å². The average Bonchev–Trinajstić information content (AvgIpc) is 2.41. The van der Waals surface area contributed by atoms with E-state index in [0.717, 1.165) is 5.56 Å². The van der Waals surface area contributed by atoms with E-state index in [-0.39, 0.29) is 11.8 Å². The molecule has 0 aliphatic rings. The summed E-state index contributed by atoms with van der Waals surface area (Å²) in [6, 6.07) is 13.8. The van der Waals surface area contributed by atoms with Gasteiger partial charge in [0, 0.05) is 5.02 Å². The average molecular weight is 298 g/mol. The standard InChI is InChI=1S/C15H14ClF2NO/c1-10(11-6-2-3-7-12(11)16)19-13-8-4-5-9-14(13)20-15(17)18/h2-10,15,19H,1H3. The summed E-state index contributed by atoms with van der Waals surface area (Å²) in [5.41, 5.74) is 1.39. The van der Waals surface area contributed by atoms with Gasteiger partial charge >= 0.3 is 6.61 Å². The highest BCUT2D eigenvalue weighted by Crippen LogP contribution is 2.31. The molecule has 2 rings (SSSR count). The highest BCUT2D eigenvalue weighted by atomic mass is 35.5. The molecule has 2 aromatic carbocycles. The quantitative estimate of drug-likeness (QED) is 0.827. The van der Waals surface area contributed by atoms with E-state index < -0.39 is 6.61 Å². The van der Waals surface area contributed by atoms with Crippen molar-refractivity contribution in [1.29, 1.82) is 0 Å². The van der Waals surface area contributed by atoms with Crippen LogP contribution < -0.4 is 10.1 Å². The van der Waals surface area contributed by atoms with Crippen LogP contribution in [0.25, 0.3) is 0 Å². The van der Waals surface area contributed by atoms with Crippen molar-refractivity contribution in [3.63, 3.8) is 0 Å². The molecule has 0 saturated heterocycles. The molecule has 0 amide bonds. The van der Waals surface area contributed by atoms with E-state index in [2.05, 4.69) is 10.1 Å². The normalized spacial score (nSPS) is 12.2. The molecule has 1 atom stereocenters. The summed E-state index contributed by atoms with van der Waals surface area (Å²) in [6.07, 6.45) is 0. The molecule has 0 bridgehead atoms. The van der Waals surface area contributed by atoms with E-state index in [1.807, 2.05) is 25.1 Å². The van der Waals surface area contributed by atoms with Gasteiger partial charge in [0.05, 0.1) is 11.7 Å². The van der Waals surface area contributed by atoms with Crippen molar-refractivity contribution in [1.82, 2.24) is 0 Å². The number of nitrogens with one attached hydrogen (secondary N) is 1. The van der Waals surface area contributed by atoms with Crippen molar-refractivity contribution in [3.05, 3.63) is 59.1 Å². The van der Waals surface area contributed by atoms with Crippen LogP contribution >= 0.6 is 11.6 Å². The SMILES string of the molecule is CC(Nc1ccccc1OC(F)F)c1ccccc1Cl. The molecule has 1 unspecified atom stereocenters. The fourth-order valence-corrected chi connectivity index (χ4v) is 2.22. The van der Waals surface area contributed by atoms with E-state index in [4.69, 9.17) is 11.6 Å². The van der Waals surface area contributed by atoms with E-state index >= 15 is 0 Å². The van der Waals surface area contributed by atoms with Crippen molar-refractivity contribution in [2.24, 2.45) is 0 Å². The Morgan fingerprint density at radius 2 is 1.70 bits per heavy atom. The molecule has 0 spiro atoms. The van der Waals surface area contributed by atoms with Crippen LogP contribution in [0.3, 0.4) is 0 Å². The number of ether oxygens (including phenoxy) is 1. The number of anilines is 1. The molecule has 2 aromatic rings. The van der Waals surface area contributed by atoms with Gasteiger partial charge in [-0.3, -0.25) is 0 Å².